The Hall–Kier alpha value is -0.390. The van der Waals surface area contributed by atoms with E-state index in [0.717, 1.165) is 11.7 Å². The maximum absolute atomic E-state index is 5.36. The summed E-state index contributed by atoms with van der Waals surface area (Å²) in [6.45, 7) is 8.33. The van der Waals surface area contributed by atoms with E-state index in [0.29, 0.717) is 19.3 Å². The van der Waals surface area contributed by atoms with Crippen molar-refractivity contribution < 1.29 is 9.47 Å². The predicted molar refractivity (Wildman–Crippen MR) is 70.8 cm³/mol. The van der Waals surface area contributed by atoms with E-state index in [1.54, 1.807) is 14.2 Å². The van der Waals surface area contributed by atoms with Gasteiger partial charge in [-0.05, 0) is 33.0 Å². The molecule has 0 fully saturated rings. The Morgan fingerprint density at radius 2 is 1.88 bits per heavy atom. The fourth-order valence-corrected chi connectivity index (χ4v) is 1.88. The zero-order valence-electron chi connectivity index (χ0n) is 10.9. The van der Waals surface area contributed by atoms with Crippen LogP contribution < -0.4 is 5.32 Å². The first-order chi connectivity index (χ1) is 7.52. The Bertz CT molecular complexity index is 200. The first-order valence-corrected chi connectivity index (χ1v) is 5.98. The van der Waals surface area contributed by atoms with Gasteiger partial charge in [0.05, 0.1) is 19.3 Å². The number of nitrogens with one attached hydrogen (secondary N) is 1. The molecule has 0 saturated carbocycles. The van der Waals surface area contributed by atoms with Crippen molar-refractivity contribution >= 4 is 17.3 Å². The van der Waals surface area contributed by atoms with E-state index in [-0.39, 0.29) is 6.04 Å². The van der Waals surface area contributed by atoms with Gasteiger partial charge >= 0.3 is 0 Å². The van der Waals surface area contributed by atoms with Gasteiger partial charge in [-0.2, -0.15) is 0 Å². The molecule has 4 nitrogen and oxygen atoms in total. The summed E-state index contributed by atoms with van der Waals surface area (Å²) in [5.41, 5.74) is 0. The van der Waals surface area contributed by atoms with Crippen molar-refractivity contribution in [2.45, 2.75) is 32.9 Å². The van der Waals surface area contributed by atoms with Gasteiger partial charge in [0.25, 0.3) is 0 Å². The van der Waals surface area contributed by atoms with Gasteiger partial charge in [0.2, 0.25) is 0 Å². The number of ether oxygens (including phenoxy) is 2. The molecule has 0 heterocycles. The molecule has 1 N–H and O–H groups in total. The van der Waals surface area contributed by atoms with Gasteiger partial charge < -0.3 is 19.7 Å². The van der Waals surface area contributed by atoms with Crippen LogP contribution in [0.15, 0.2) is 0 Å². The molecular weight excluding hydrogens is 224 g/mol. The summed E-state index contributed by atoms with van der Waals surface area (Å²) < 4.78 is 10.2. The topological polar surface area (TPSA) is 33.7 Å². The largest absolute Gasteiger partial charge is 0.383 e. The summed E-state index contributed by atoms with van der Waals surface area (Å²) in [5, 5.41) is 4.00. The van der Waals surface area contributed by atoms with E-state index in [4.69, 9.17) is 21.7 Å². The molecule has 1 atom stereocenters. The van der Waals surface area contributed by atoms with E-state index in [2.05, 4.69) is 31.0 Å². The fourth-order valence-electron chi connectivity index (χ4n) is 1.37. The first-order valence-electron chi connectivity index (χ1n) is 5.57. The summed E-state index contributed by atoms with van der Waals surface area (Å²) in [5.74, 6) is 0. The third-order valence-electron chi connectivity index (χ3n) is 2.15. The summed E-state index contributed by atoms with van der Waals surface area (Å²) in [7, 11) is 3.39. The van der Waals surface area contributed by atoms with Crippen molar-refractivity contribution in [2.24, 2.45) is 0 Å². The second-order valence-corrected chi connectivity index (χ2v) is 4.48. The molecule has 0 aromatic rings. The number of thiocarbonyl (C=S) groups is 1. The number of methoxy groups -OCH3 is 2. The highest BCUT2D eigenvalue weighted by atomic mass is 32.1. The average Bonchev–Trinajstić information content (AvgIpc) is 2.17. The maximum Gasteiger partial charge on any atom is 0.169 e. The summed E-state index contributed by atoms with van der Waals surface area (Å²) in [6.07, 6.45) is 0. The summed E-state index contributed by atoms with van der Waals surface area (Å²) in [4.78, 5) is 2.10. The Morgan fingerprint density at radius 3 is 2.31 bits per heavy atom. The molecule has 0 aliphatic heterocycles. The van der Waals surface area contributed by atoms with Crippen LogP contribution >= 0.6 is 12.2 Å². The molecule has 0 aliphatic rings. The lowest BCUT2D eigenvalue weighted by atomic mass is 10.3. The molecule has 0 aliphatic carbocycles. The van der Waals surface area contributed by atoms with Crippen LogP contribution in [-0.2, 0) is 9.47 Å². The summed E-state index contributed by atoms with van der Waals surface area (Å²) >= 11 is 5.36. The monoisotopic (exact) mass is 248 g/mol. The minimum Gasteiger partial charge on any atom is -0.383 e. The van der Waals surface area contributed by atoms with Gasteiger partial charge in [0.15, 0.2) is 5.11 Å². The minimum absolute atomic E-state index is 0.249. The highest BCUT2D eigenvalue weighted by Gasteiger charge is 2.16. The van der Waals surface area contributed by atoms with Crippen molar-refractivity contribution in [3.8, 4) is 0 Å². The fraction of sp³-hybridized carbons (Fsp3) is 0.909. The quantitative estimate of drug-likeness (QED) is 0.686. The van der Waals surface area contributed by atoms with Crippen LogP contribution in [0.25, 0.3) is 0 Å². The Balaban J connectivity index is 4.33. The van der Waals surface area contributed by atoms with Crippen LogP contribution in [0.1, 0.15) is 20.8 Å². The van der Waals surface area contributed by atoms with Gasteiger partial charge in [0.1, 0.15) is 0 Å². The van der Waals surface area contributed by atoms with Gasteiger partial charge in [-0.1, -0.05) is 0 Å². The smallest absolute Gasteiger partial charge is 0.169 e. The molecule has 0 amide bonds. The number of hydrogen-bond acceptors (Lipinski definition) is 3. The van der Waals surface area contributed by atoms with Crippen molar-refractivity contribution in [2.75, 3.05) is 34.0 Å². The average molecular weight is 248 g/mol. The maximum atomic E-state index is 5.36. The van der Waals surface area contributed by atoms with E-state index < -0.39 is 0 Å². The Labute approximate surface area is 104 Å². The van der Waals surface area contributed by atoms with Crippen LogP contribution in [0.3, 0.4) is 0 Å². The molecule has 0 bridgehead atoms. The predicted octanol–water partition coefficient (Wildman–Crippen LogP) is 1.25. The lowest BCUT2D eigenvalue weighted by Crippen LogP contribution is -2.49. The second kappa shape index (κ2) is 8.73. The molecule has 0 saturated heterocycles. The molecule has 0 radical (unpaired) electrons. The van der Waals surface area contributed by atoms with E-state index in [1.807, 2.05) is 0 Å². The molecule has 96 valence electrons. The highest BCUT2D eigenvalue weighted by Crippen LogP contribution is 2.01. The Morgan fingerprint density at radius 1 is 1.25 bits per heavy atom. The van der Waals surface area contributed by atoms with Crippen molar-refractivity contribution in [1.29, 1.82) is 0 Å². The van der Waals surface area contributed by atoms with E-state index in [9.17, 15) is 0 Å². The number of hydrogen-bond donors (Lipinski definition) is 1. The normalized spacial score (nSPS) is 12.6. The first kappa shape index (κ1) is 15.6. The van der Waals surface area contributed by atoms with Crippen molar-refractivity contribution in [3.05, 3.63) is 0 Å². The van der Waals surface area contributed by atoms with Crippen LogP contribution in [0.5, 0.6) is 0 Å². The number of nitrogens with zero attached hydrogens (tertiary/aromatic N) is 1. The molecule has 0 aromatic carbocycles. The minimum atomic E-state index is 0.249. The summed E-state index contributed by atoms with van der Waals surface area (Å²) in [6, 6.07) is 0.589. The van der Waals surface area contributed by atoms with Crippen LogP contribution in [0, 0.1) is 0 Å². The van der Waals surface area contributed by atoms with Gasteiger partial charge in [0, 0.05) is 26.8 Å². The van der Waals surface area contributed by atoms with Crippen LogP contribution in [0.4, 0.5) is 0 Å². The molecular formula is C11H24N2O2S. The molecule has 0 aromatic heterocycles. The van der Waals surface area contributed by atoms with Gasteiger partial charge in [-0.15, -0.1) is 0 Å². The van der Waals surface area contributed by atoms with Gasteiger partial charge in [-0.25, -0.2) is 0 Å². The molecule has 16 heavy (non-hydrogen) atoms. The molecule has 5 heteroatoms. The molecule has 0 spiro atoms. The van der Waals surface area contributed by atoms with Crippen molar-refractivity contribution in [3.63, 3.8) is 0 Å². The molecule has 0 rings (SSSR count). The van der Waals surface area contributed by atoms with Gasteiger partial charge in [-0.3, -0.25) is 0 Å². The van der Waals surface area contributed by atoms with Crippen molar-refractivity contribution in [1.82, 2.24) is 10.2 Å². The zero-order valence-corrected chi connectivity index (χ0v) is 11.8. The Kier molecular flexibility index (Phi) is 8.51. The van der Waals surface area contributed by atoms with E-state index >= 15 is 0 Å². The third-order valence-corrected chi connectivity index (χ3v) is 2.50. The lowest BCUT2D eigenvalue weighted by Gasteiger charge is -2.32. The molecule has 1 unspecified atom stereocenters. The highest BCUT2D eigenvalue weighted by molar-refractivity contribution is 7.80. The third kappa shape index (κ3) is 6.25. The second-order valence-electron chi connectivity index (χ2n) is 4.09. The SMILES string of the molecule is COCCN(C(=S)NC(C)C)C(C)COC. The number of rotatable bonds is 7. The standard InChI is InChI=1S/C11H24N2O2S/c1-9(2)12-11(16)13(6-7-14-4)10(3)8-15-5/h9-10H,6-8H2,1-5H3,(H,12,16). The van der Waals surface area contributed by atoms with Crippen LogP contribution in [-0.4, -0.2) is 56.1 Å². The van der Waals surface area contributed by atoms with Crippen LogP contribution in [0.2, 0.25) is 0 Å². The lowest BCUT2D eigenvalue weighted by molar-refractivity contribution is 0.112. The zero-order chi connectivity index (χ0) is 12.6. The van der Waals surface area contributed by atoms with E-state index in [1.165, 1.54) is 0 Å².